The van der Waals surface area contributed by atoms with Gasteiger partial charge >= 0.3 is 0 Å². The standard InChI is InChI=1S/C11H8FN3O3/c12-7-1-3-8(4-2-7)14-11(16)10-5-9(6-13-10)15(17)18/h1-6,13H,(H,14,16). The summed E-state index contributed by atoms with van der Waals surface area (Å²) in [5.74, 6) is -0.946. The highest BCUT2D eigenvalue weighted by atomic mass is 19.1. The van der Waals surface area contributed by atoms with Crippen molar-refractivity contribution in [1.29, 1.82) is 0 Å². The number of anilines is 1. The number of nitrogens with one attached hydrogen (secondary N) is 2. The zero-order valence-corrected chi connectivity index (χ0v) is 9.01. The van der Waals surface area contributed by atoms with E-state index in [0.717, 1.165) is 12.3 Å². The van der Waals surface area contributed by atoms with Crippen LogP contribution in [0.1, 0.15) is 10.5 Å². The topological polar surface area (TPSA) is 88.0 Å². The Morgan fingerprint density at radius 1 is 1.33 bits per heavy atom. The Bertz CT molecular complexity index is 592. The lowest BCUT2D eigenvalue weighted by Gasteiger charge is -2.02. The fourth-order valence-corrected chi connectivity index (χ4v) is 1.35. The Labute approximate surface area is 101 Å². The van der Waals surface area contributed by atoms with E-state index >= 15 is 0 Å². The Morgan fingerprint density at radius 2 is 2.00 bits per heavy atom. The van der Waals surface area contributed by atoms with Gasteiger partial charge in [-0.1, -0.05) is 0 Å². The fourth-order valence-electron chi connectivity index (χ4n) is 1.35. The molecule has 0 atom stereocenters. The number of nitrogens with zero attached hydrogens (tertiary/aromatic N) is 1. The first-order valence-corrected chi connectivity index (χ1v) is 4.96. The van der Waals surface area contributed by atoms with Crippen molar-refractivity contribution in [3.63, 3.8) is 0 Å². The molecule has 1 amide bonds. The minimum Gasteiger partial charge on any atom is -0.351 e. The Kier molecular flexibility index (Phi) is 3.05. The summed E-state index contributed by atoms with van der Waals surface area (Å²) in [6.07, 6.45) is 1.12. The highest BCUT2D eigenvalue weighted by Crippen LogP contribution is 2.14. The van der Waals surface area contributed by atoms with Gasteiger partial charge in [0.1, 0.15) is 11.5 Å². The van der Waals surface area contributed by atoms with Crippen LogP contribution in [0.25, 0.3) is 0 Å². The number of H-pyrrole nitrogens is 1. The number of aromatic amines is 1. The van der Waals surface area contributed by atoms with Gasteiger partial charge in [0.2, 0.25) is 0 Å². The van der Waals surface area contributed by atoms with E-state index in [1.807, 2.05) is 0 Å². The van der Waals surface area contributed by atoms with Crippen LogP contribution in [-0.2, 0) is 0 Å². The third kappa shape index (κ3) is 2.51. The van der Waals surface area contributed by atoms with Gasteiger partial charge in [0.05, 0.1) is 11.1 Å². The monoisotopic (exact) mass is 249 g/mol. The highest BCUT2D eigenvalue weighted by molar-refractivity contribution is 6.03. The molecule has 2 aromatic rings. The first-order chi connectivity index (χ1) is 8.56. The van der Waals surface area contributed by atoms with Crippen LogP contribution in [0.15, 0.2) is 36.5 Å². The number of carbonyl (C=O) groups excluding carboxylic acids is 1. The average Bonchev–Trinajstić information content (AvgIpc) is 2.81. The lowest BCUT2D eigenvalue weighted by atomic mass is 10.3. The summed E-state index contributed by atoms with van der Waals surface area (Å²) in [4.78, 5) is 24.0. The number of benzene rings is 1. The number of hydrogen-bond donors (Lipinski definition) is 2. The summed E-state index contributed by atoms with van der Waals surface area (Å²) >= 11 is 0. The second-order valence-electron chi connectivity index (χ2n) is 3.49. The molecular weight excluding hydrogens is 241 g/mol. The summed E-state index contributed by atoms with van der Waals surface area (Å²) < 4.78 is 12.6. The normalized spacial score (nSPS) is 10.1. The van der Waals surface area contributed by atoms with E-state index in [0.29, 0.717) is 5.69 Å². The number of rotatable bonds is 3. The van der Waals surface area contributed by atoms with E-state index in [1.54, 1.807) is 0 Å². The molecule has 1 heterocycles. The number of aromatic nitrogens is 1. The van der Waals surface area contributed by atoms with Crippen molar-refractivity contribution < 1.29 is 14.1 Å². The van der Waals surface area contributed by atoms with Gasteiger partial charge < -0.3 is 10.3 Å². The molecule has 18 heavy (non-hydrogen) atoms. The highest BCUT2D eigenvalue weighted by Gasteiger charge is 2.14. The number of nitro groups is 1. The lowest BCUT2D eigenvalue weighted by Crippen LogP contribution is -2.12. The fraction of sp³-hybridized carbons (Fsp3) is 0. The summed E-state index contributed by atoms with van der Waals surface area (Å²) in [5.41, 5.74) is 0.268. The largest absolute Gasteiger partial charge is 0.351 e. The molecule has 1 aromatic carbocycles. The maximum atomic E-state index is 12.6. The quantitative estimate of drug-likeness (QED) is 0.646. The predicted octanol–water partition coefficient (Wildman–Crippen LogP) is 2.31. The molecule has 7 heteroatoms. The van der Waals surface area contributed by atoms with E-state index in [9.17, 15) is 19.3 Å². The van der Waals surface area contributed by atoms with Crippen LogP contribution in [0.2, 0.25) is 0 Å². The SMILES string of the molecule is O=C(Nc1ccc(F)cc1)c1cc([N+](=O)[O-])c[nH]1. The number of carbonyl (C=O) groups is 1. The van der Waals surface area contributed by atoms with Gasteiger partial charge in [0.15, 0.2) is 0 Å². The van der Waals surface area contributed by atoms with Crippen molar-refractivity contribution in [3.05, 3.63) is 58.2 Å². The molecule has 0 aliphatic rings. The first kappa shape index (κ1) is 11.8. The van der Waals surface area contributed by atoms with Crippen LogP contribution in [0.5, 0.6) is 0 Å². The van der Waals surface area contributed by atoms with Gasteiger partial charge in [0.25, 0.3) is 11.6 Å². The smallest absolute Gasteiger partial charge is 0.287 e. The average molecular weight is 249 g/mol. The molecule has 0 saturated carbocycles. The van der Waals surface area contributed by atoms with E-state index in [4.69, 9.17) is 0 Å². The second kappa shape index (κ2) is 4.66. The molecule has 0 bridgehead atoms. The van der Waals surface area contributed by atoms with Crippen LogP contribution >= 0.6 is 0 Å². The molecule has 0 saturated heterocycles. The van der Waals surface area contributed by atoms with Crippen LogP contribution in [0.4, 0.5) is 15.8 Å². The molecule has 6 nitrogen and oxygen atoms in total. The van der Waals surface area contributed by atoms with Crippen LogP contribution in [-0.4, -0.2) is 15.8 Å². The molecule has 0 fully saturated rings. The molecule has 0 radical (unpaired) electrons. The van der Waals surface area contributed by atoms with Crippen molar-refractivity contribution >= 4 is 17.3 Å². The van der Waals surface area contributed by atoms with Crippen LogP contribution in [0, 0.1) is 15.9 Å². The molecule has 0 aliphatic heterocycles. The van der Waals surface area contributed by atoms with Gasteiger partial charge in [0, 0.05) is 11.8 Å². The second-order valence-corrected chi connectivity index (χ2v) is 3.49. The van der Waals surface area contributed by atoms with Gasteiger partial charge in [-0.2, -0.15) is 0 Å². The maximum Gasteiger partial charge on any atom is 0.287 e. The molecule has 2 N–H and O–H groups in total. The molecule has 2 rings (SSSR count). The summed E-state index contributed by atoms with van der Waals surface area (Å²) in [7, 11) is 0. The van der Waals surface area contributed by atoms with E-state index in [-0.39, 0.29) is 11.4 Å². The van der Waals surface area contributed by atoms with Crippen molar-refractivity contribution in [1.82, 2.24) is 4.98 Å². The van der Waals surface area contributed by atoms with E-state index in [2.05, 4.69) is 10.3 Å². The third-order valence-electron chi connectivity index (χ3n) is 2.23. The summed E-state index contributed by atoms with van der Waals surface area (Å²) in [6.45, 7) is 0. The molecule has 0 spiro atoms. The Morgan fingerprint density at radius 3 is 2.56 bits per heavy atom. The minimum absolute atomic E-state index is 0.0611. The van der Waals surface area contributed by atoms with Crippen LogP contribution in [0.3, 0.4) is 0 Å². The van der Waals surface area contributed by atoms with E-state index in [1.165, 1.54) is 24.3 Å². The van der Waals surface area contributed by atoms with Crippen molar-refractivity contribution in [3.8, 4) is 0 Å². The predicted molar refractivity (Wildman–Crippen MR) is 61.8 cm³/mol. The molecule has 0 unspecified atom stereocenters. The zero-order chi connectivity index (χ0) is 13.1. The van der Waals surface area contributed by atoms with Gasteiger partial charge in [-0.05, 0) is 24.3 Å². The Balaban J connectivity index is 2.11. The van der Waals surface area contributed by atoms with Gasteiger partial charge in [-0.25, -0.2) is 4.39 Å². The molecule has 92 valence electrons. The first-order valence-electron chi connectivity index (χ1n) is 4.96. The zero-order valence-electron chi connectivity index (χ0n) is 9.01. The maximum absolute atomic E-state index is 12.6. The lowest BCUT2D eigenvalue weighted by molar-refractivity contribution is -0.384. The molecule has 1 aromatic heterocycles. The summed E-state index contributed by atoms with van der Waals surface area (Å²) in [6, 6.07) is 6.31. The minimum atomic E-state index is -0.606. The van der Waals surface area contributed by atoms with E-state index < -0.39 is 16.6 Å². The van der Waals surface area contributed by atoms with Crippen molar-refractivity contribution in [2.24, 2.45) is 0 Å². The van der Waals surface area contributed by atoms with Crippen molar-refractivity contribution in [2.75, 3.05) is 5.32 Å². The molecule has 0 aliphatic carbocycles. The number of hydrogen-bond acceptors (Lipinski definition) is 3. The molecular formula is C11H8FN3O3. The van der Waals surface area contributed by atoms with Crippen LogP contribution < -0.4 is 5.32 Å². The third-order valence-corrected chi connectivity index (χ3v) is 2.23. The van der Waals surface area contributed by atoms with Gasteiger partial charge in [-0.3, -0.25) is 14.9 Å². The number of halogens is 1. The summed E-state index contributed by atoms with van der Waals surface area (Å²) in [5, 5.41) is 12.9. The van der Waals surface area contributed by atoms with Gasteiger partial charge in [-0.15, -0.1) is 0 Å². The van der Waals surface area contributed by atoms with Crippen molar-refractivity contribution in [2.45, 2.75) is 0 Å². The number of amides is 1. The Hall–Kier alpha value is -2.70.